The average Bonchev–Trinajstić information content (AvgIpc) is 2.77. The number of hydrogen-bond donors (Lipinski definition) is 1. The van der Waals surface area contributed by atoms with Crippen LogP contribution in [0.1, 0.15) is 44.4 Å². The van der Waals surface area contributed by atoms with E-state index in [0.717, 1.165) is 32.1 Å². The van der Waals surface area contributed by atoms with E-state index in [-0.39, 0.29) is 5.92 Å². The fourth-order valence-electron chi connectivity index (χ4n) is 3.15. The van der Waals surface area contributed by atoms with Gasteiger partial charge in [-0.15, -0.1) is 11.3 Å². The highest BCUT2D eigenvalue weighted by molar-refractivity contribution is 7.09. The number of aliphatic carboxylic acids is 1. The van der Waals surface area contributed by atoms with Crippen LogP contribution >= 0.6 is 11.3 Å². The quantitative estimate of drug-likeness (QED) is 0.886. The van der Waals surface area contributed by atoms with Gasteiger partial charge in [-0.05, 0) is 54.9 Å². The summed E-state index contributed by atoms with van der Waals surface area (Å²) in [6.07, 6.45) is 4.98. The first-order valence-electron chi connectivity index (χ1n) is 6.73. The number of carbonyl (C=O) groups is 1. The standard InChI is InChI=1S/C15H22O2S/c1-15(2)8-7-13(14(16)17)11(10-15)5-6-12-4-3-9-18-12/h3-4,9,11,13H,5-8,10H2,1-2H3,(H,16,17). The zero-order valence-corrected chi connectivity index (χ0v) is 12.0. The lowest BCUT2D eigenvalue weighted by atomic mass is 9.66. The summed E-state index contributed by atoms with van der Waals surface area (Å²) in [5.41, 5.74) is 0.312. The monoisotopic (exact) mass is 266 g/mol. The molecular weight excluding hydrogens is 244 g/mol. The summed E-state index contributed by atoms with van der Waals surface area (Å²) in [6, 6.07) is 4.22. The average molecular weight is 266 g/mol. The second kappa shape index (κ2) is 5.43. The van der Waals surface area contributed by atoms with Gasteiger partial charge in [0, 0.05) is 4.88 Å². The predicted octanol–water partition coefficient (Wildman–Crippen LogP) is 4.21. The fourth-order valence-corrected chi connectivity index (χ4v) is 3.87. The Hall–Kier alpha value is -0.830. The molecule has 1 fully saturated rings. The van der Waals surface area contributed by atoms with Crippen LogP contribution in [0.5, 0.6) is 0 Å². The van der Waals surface area contributed by atoms with Crippen molar-refractivity contribution in [3.05, 3.63) is 22.4 Å². The Bertz CT molecular complexity index is 395. The van der Waals surface area contributed by atoms with Gasteiger partial charge in [0.25, 0.3) is 0 Å². The molecule has 1 aliphatic carbocycles. The molecule has 0 aliphatic heterocycles. The Labute approximate surface area is 113 Å². The van der Waals surface area contributed by atoms with Crippen molar-refractivity contribution in [1.29, 1.82) is 0 Å². The molecule has 1 aromatic heterocycles. The minimum atomic E-state index is -0.596. The first-order valence-corrected chi connectivity index (χ1v) is 7.61. The highest BCUT2D eigenvalue weighted by atomic mass is 32.1. The third kappa shape index (κ3) is 3.35. The number of thiophene rings is 1. The first-order chi connectivity index (χ1) is 8.48. The molecule has 1 N–H and O–H groups in total. The molecule has 0 bridgehead atoms. The minimum Gasteiger partial charge on any atom is -0.481 e. The lowest BCUT2D eigenvalue weighted by Gasteiger charge is -2.39. The summed E-state index contributed by atoms with van der Waals surface area (Å²) in [6.45, 7) is 4.53. The van der Waals surface area contributed by atoms with Gasteiger partial charge in [0.2, 0.25) is 0 Å². The lowest BCUT2D eigenvalue weighted by Crippen LogP contribution is -2.34. The Morgan fingerprint density at radius 1 is 1.56 bits per heavy atom. The van der Waals surface area contributed by atoms with E-state index in [0.29, 0.717) is 11.3 Å². The van der Waals surface area contributed by atoms with E-state index in [2.05, 4.69) is 31.4 Å². The van der Waals surface area contributed by atoms with Crippen molar-refractivity contribution < 1.29 is 9.90 Å². The van der Waals surface area contributed by atoms with Crippen LogP contribution in [0.4, 0.5) is 0 Å². The van der Waals surface area contributed by atoms with E-state index < -0.39 is 5.97 Å². The van der Waals surface area contributed by atoms with Crippen LogP contribution in [0.3, 0.4) is 0 Å². The van der Waals surface area contributed by atoms with E-state index in [9.17, 15) is 9.90 Å². The van der Waals surface area contributed by atoms with Crippen LogP contribution < -0.4 is 0 Å². The van der Waals surface area contributed by atoms with Crippen molar-refractivity contribution in [3.63, 3.8) is 0 Å². The Morgan fingerprint density at radius 2 is 2.33 bits per heavy atom. The molecule has 2 unspecified atom stereocenters. The number of aryl methyl sites for hydroxylation is 1. The number of hydrogen-bond acceptors (Lipinski definition) is 2. The smallest absolute Gasteiger partial charge is 0.306 e. The van der Waals surface area contributed by atoms with Crippen molar-refractivity contribution in [2.75, 3.05) is 0 Å². The fraction of sp³-hybridized carbons (Fsp3) is 0.667. The highest BCUT2D eigenvalue weighted by Gasteiger charge is 2.38. The van der Waals surface area contributed by atoms with Crippen LogP contribution in [0.2, 0.25) is 0 Å². The first kappa shape index (κ1) is 13.6. The van der Waals surface area contributed by atoms with Gasteiger partial charge >= 0.3 is 5.97 Å². The van der Waals surface area contributed by atoms with Gasteiger partial charge in [0.1, 0.15) is 0 Å². The maximum absolute atomic E-state index is 11.3. The van der Waals surface area contributed by atoms with E-state index >= 15 is 0 Å². The lowest BCUT2D eigenvalue weighted by molar-refractivity contribution is -0.146. The molecule has 2 nitrogen and oxygen atoms in total. The molecule has 1 saturated carbocycles. The molecule has 1 heterocycles. The van der Waals surface area contributed by atoms with Crippen LogP contribution in [0.25, 0.3) is 0 Å². The van der Waals surface area contributed by atoms with Crippen molar-refractivity contribution in [2.45, 2.75) is 46.0 Å². The van der Waals surface area contributed by atoms with Gasteiger partial charge < -0.3 is 5.11 Å². The molecular formula is C15H22O2S. The number of rotatable bonds is 4. The van der Waals surface area contributed by atoms with Gasteiger partial charge in [-0.1, -0.05) is 19.9 Å². The predicted molar refractivity (Wildman–Crippen MR) is 74.9 cm³/mol. The molecule has 1 aliphatic rings. The summed E-state index contributed by atoms with van der Waals surface area (Å²) in [4.78, 5) is 12.7. The summed E-state index contributed by atoms with van der Waals surface area (Å²) in [7, 11) is 0. The molecule has 0 amide bonds. The molecule has 0 aromatic carbocycles. The van der Waals surface area contributed by atoms with Gasteiger partial charge in [-0.2, -0.15) is 0 Å². The Morgan fingerprint density at radius 3 is 2.94 bits per heavy atom. The topological polar surface area (TPSA) is 37.3 Å². The zero-order chi connectivity index (χ0) is 13.2. The summed E-state index contributed by atoms with van der Waals surface area (Å²) in [5, 5.41) is 11.4. The maximum atomic E-state index is 11.3. The van der Waals surface area contributed by atoms with Crippen molar-refractivity contribution in [3.8, 4) is 0 Å². The van der Waals surface area contributed by atoms with Crippen LogP contribution in [0, 0.1) is 17.3 Å². The molecule has 1 aromatic rings. The van der Waals surface area contributed by atoms with Crippen molar-refractivity contribution >= 4 is 17.3 Å². The van der Waals surface area contributed by atoms with E-state index in [4.69, 9.17) is 0 Å². The minimum absolute atomic E-state index is 0.127. The molecule has 100 valence electrons. The van der Waals surface area contributed by atoms with Crippen LogP contribution in [-0.2, 0) is 11.2 Å². The molecule has 0 radical (unpaired) electrons. The zero-order valence-electron chi connectivity index (χ0n) is 11.2. The number of carboxylic acid groups (broad SMARTS) is 1. The second-order valence-electron chi connectivity index (χ2n) is 6.23. The third-order valence-corrected chi connectivity index (χ3v) is 5.11. The summed E-state index contributed by atoms with van der Waals surface area (Å²) < 4.78 is 0. The molecule has 2 atom stereocenters. The Balaban J connectivity index is 1.99. The largest absolute Gasteiger partial charge is 0.481 e. The summed E-state index contributed by atoms with van der Waals surface area (Å²) >= 11 is 1.77. The van der Waals surface area contributed by atoms with Gasteiger partial charge in [0.15, 0.2) is 0 Å². The van der Waals surface area contributed by atoms with Crippen LogP contribution in [0.15, 0.2) is 17.5 Å². The van der Waals surface area contributed by atoms with Gasteiger partial charge in [-0.3, -0.25) is 4.79 Å². The second-order valence-corrected chi connectivity index (χ2v) is 7.26. The van der Waals surface area contributed by atoms with E-state index in [1.807, 2.05) is 0 Å². The van der Waals surface area contributed by atoms with Crippen molar-refractivity contribution in [1.82, 2.24) is 0 Å². The van der Waals surface area contributed by atoms with E-state index in [1.54, 1.807) is 11.3 Å². The molecule has 18 heavy (non-hydrogen) atoms. The molecule has 0 spiro atoms. The van der Waals surface area contributed by atoms with E-state index in [1.165, 1.54) is 4.88 Å². The molecule has 2 rings (SSSR count). The highest BCUT2D eigenvalue weighted by Crippen LogP contribution is 2.43. The van der Waals surface area contributed by atoms with Crippen molar-refractivity contribution in [2.24, 2.45) is 17.3 Å². The normalized spacial score (nSPS) is 27.0. The van der Waals surface area contributed by atoms with Crippen LogP contribution in [-0.4, -0.2) is 11.1 Å². The SMILES string of the molecule is CC1(C)CCC(C(=O)O)C(CCc2cccs2)C1. The molecule has 3 heteroatoms. The van der Waals surface area contributed by atoms with Gasteiger partial charge in [0.05, 0.1) is 5.92 Å². The number of carboxylic acids is 1. The third-order valence-electron chi connectivity index (χ3n) is 4.17. The maximum Gasteiger partial charge on any atom is 0.306 e. The molecule has 0 saturated heterocycles. The summed E-state index contributed by atoms with van der Waals surface area (Å²) in [5.74, 6) is -0.381. The van der Waals surface area contributed by atoms with Gasteiger partial charge in [-0.25, -0.2) is 0 Å². The Kier molecular flexibility index (Phi) is 4.10.